The molecule has 0 heteroatoms. The van der Waals surface area contributed by atoms with E-state index in [9.17, 15) is 0 Å². The lowest BCUT2D eigenvalue weighted by Crippen LogP contribution is -2.12. The van der Waals surface area contributed by atoms with Crippen molar-refractivity contribution in [1.82, 2.24) is 0 Å². The second kappa shape index (κ2) is 14.8. The molecule has 0 saturated heterocycles. The quantitative estimate of drug-likeness (QED) is 0.122. The van der Waals surface area contributed by atoms with Crippen molar-refractivity contribution in [3.63, 3.8) is 0 Å². The molecule has 0 bridgehead atoms. The molecule has 0 saturated carbocycles. The predicted molar refractivity (Wildman–Crippen MR) is 235 cm³/mol. The molecule has 0 heterocycles. The summed E-state index contributed by atoms with van der Waals surface area (Å²) in [7, 11) is 0. The van der Waals surface area contributed by atoms with E-state index < -0.39 is 0 Å². The Hall–Kier alpha value is -4.81. The van der Waals surface area contributed by atoms with Crippen molar-refractivity contribution >= 4 is 5.57 Å². The van der Waals surface area contributed by atoms with Gasteiger partial charge < -0.3 is 0 Å². The summed E-state index contributed by atoms with van der Waals surface area (Å²) in [6.07, 6.45) is 9.19. The van der Waals surface area contributed by atoms with Gasteiger partial charge in [-0.2, -0.15) is 0 Å². The van der Waals surface area contributed by atoms with Crippen molar-refractivity contribution in [2.24, 2.45) is 5.41 Å². The number of hydrogen-bond acceptors (Lipinski definition) is 0. The van der Waals surface area contributed by atoms with Crippen molar-refractivity contribution < 1.29 is 0 Å². The number of rotatable bonds is 6. The molecule has 0 nitrogen and oxygen atoms in total. The van der Waals surface area contributed by atoms with Gasteiger partial charge in [-0.05, 0) is 106 Å². The summed E-state index contributed by atoms with van der Waals surface area (Å²) in [5.74, 6) is 0.124. The van der Waals surface area contributed by atoms with Gasteiger partial charge >= 0.3 is 0 Å². The van der Waals surface area contributed by atoms with Crippen molar-refractivity contribution in [3.05, 3.63) is 202 Å². The van der Waals surface area contributed by atoms with Crippen LogP contribution in [-0.2, 0) is 16.2 Å². The molecule has 0 aliphatic heterocycles. The fraction of sp³-hybridized carbons (Fsp3) is 0.315. The largest absolute Gasteiger partial charge is 0.105 e. The highest BCUT2D eigenvalue weighted by molar-refractivity contribution is 5.86. The summed E-state index contributed by atoms with van der Waals surface area (Å²) in [6, 6.07) is 46.2. The van der Waals surface area contributed by atoms with Gasteiger partial charge in [-0.3, -0.25) is 0 Å². The number of benzene rings is 5. The van der Waals surface area contributed by atoms with E-state index in [4.69, 9.17) is 0 Å². The van der Waals surface area contributed by atoms with E-state index in [1.807, 2.05) is 0 Å². The first-order valence-corrected chi connectivity index (χ1v) is 19.8. The van der Waals surface area contributed by atoms with Crippen molar-refractivity contribution in [2.75, 3.05) is 0 Å². The summed E-state index contributed by atoms with van der Waals surface area (Å²) >= 11 is 0. The smallest absolute Gasteiger partial charge is 0.0613 e. The molecule has 5 aromatic carbocycles. The van der Waals surface area contributed by atoms with Gasteiger partial charge in [0.15, 0.2) is 0 Å². The van der Waals surface area contributed by atoms with E-state index in [0.29, 0.717) is 0 Å². The molecule has 276 valence electrons. The van der Waals surface area contributed by atoms with Gasteiger partial charge in [-0.25, -0.2) is 0 Å². The van der Waals surface area contributed by atoms with Crippen LogP contribution in [-0.4, -0.2) is 0 Å². The van der Waals surface area contributed by atoms with Gasteiger partial charge in [0.2, 0.25) is 0 Å². The van der Waals surface area contributed by atoms with E-state index >= 15 is 0 Å². The fourth-order valence-electron chi connectivity index (χ4n) is 7.43. The van der Waals surface area contributed by atoms with Gasteiger partial charge in [0.05, 0.1) is 5.57 Å². The molecule has 0 atom stereocenters. The van der Waals surface area contributed by atoms with Crippen LogP contribution in [0.1, 0.15) is 134 Å². The highest BCUT2D eigenvalue weighted by atomic mass is 14.3. The Morgan fingerprint density at radius 1 is 0.426 bits per heavy atom. The third kappa shape index (κ3) is 8.76. The van der Waals surface area contributed by atoms with Gasteiger partial charge in [0.25, 0.3) is 0 Å². The minimum atomic E-state index is 0.105. The summed E-state index contributed by atoms with van der Waals surface area (Å²) in [4.78, 5) is 0. The summed E-state index contributed by atoms with van der Waals surface area (Å²) < 4.78 is 0. The number of allylic oxidation sites excluding steroid dienone is 5. The second-order valence-corrected chi connectivity index (χ2v) is 19.4. The highest BCUT2D eigenvalue weighted by Gasteiger charge is 2.26. The first-order chi connectivity index (χ1) is 25.3. The third-order valence-electron chi connectivity index (χ3n) is 11.0. The molecule has 0 amide bonds. The lowest BCUT2D eigenvalue weighted by atomic mass is 9.80. The number of hydrogen-bond donors (Lipinski definition) is 0. The Labute approximate surface area is 327 Å². The Morgan fingerprint density at radius 2 is 0.870 bits per heavy atom. The minimum Gasteiger partial charge on any atom is -0.0613 e. The summed E-state index contributed by atoms with van der Waals surface area (Å²) in [5, 5.41) is 0. The van der Waals surface area contributed by atoms with E-state index in [1.54, 1.807) is 0 Å². The molecule has 1 aliphatic rings. The van der Waals surface area contributed by atoms with Crippen LogP contribution in [0, 0.1) is 11.8 Å². The maximum Gasteiger partial charge on any atom is 0.105 e. The summed E-state index contributed by atoms with van der Waals surface area (Å²) in [6.45, 7) is 27.4. The highest BCUT2D eigenvalue weighted by Crippen LogP contribution is 2.39. The first-order valence-electron chi connectivity index (χ1n) is 19.8. The van der Waals surface area contributed by atoms with Crippen molar-refractivity contribution in [1.29, 1.82) is 0 Å². The zero-order valence-electron chi connectivity index (χ0n) is 34.9. The molecule has 54 heavy (non-hydrogen) atoms. The monoisotopic (exact) mass is 709 g/mol. The Kier molecular flexibility index (Phi) is 10.7. The molecule has 0 N–H and O–H groups in total. The van der Waals surface area contributed by atoms with Crippen molar-refractivity contribution in [2.45, 2.75) is 105 Å². The molecule has 1 aliphatic carbocycles. The van der Waals surface area contributed by atoms with Crippen LogP contribution in [0.3, 0.4) is 0 Å². The molecule has 0 unspecified atom stereocenters. The third-order valence-corrected chi connectivity index (χ3v) is 11.0. The molecule has 0 aromatic heterocycles. The molecule has 5 aromatic rings. The van der Waals surface area contributed by atoms with Crippen LogP contribution in [0.5, 0.6) is 0 Å². The van der Waals surface area contributed by atoms with Crippen LogP contribution in [0.4, 0.5) is 0 Å². The van der Waals surface area contributed by atoms with E-state index in [1.165, 1.54) is 72.4 Å². The average molecular weight is 710 g/mol. The van der Waals surface area contributed by atoms with Gasteiger partial charge in [-0.1, -0.05) is 159 Å². The van der Waals surface area contributed by atoms with Gasteiger partial charge in [-0.15, -0.1) is 0 Å². The Bertz CT molecular complexity index is 2090. The fourth-order valence-corrected chi connectivity index (χ4v) is 7.43. The maximum atomic E-state index is 2.40. The minimum absolute atomic E-state index is 0.105. The lowest BCUT2D eigenvalue weighted by Gasteiger charge is -2.24. The van der Waals surface area contributed by atoms with Crippen LogP contribution in [0.15, 0.2) is 151 Å². The second-order valence-electron chi connectivity index (χ2n) is 19.4. The van der Waals surface area contributed by atoms with Crippen molar-refractivity contribution in [3.8, 4) is 11.1 Å². The van der Waals surface area contributed by atoms with E-state index in [2.05, 4.69) is 229 Å². The van der Waals surface area contributed by atoms with Gasteiger partial charge in [0.1, 0.15) is 5.57 Å². The van der Waals surface area contributed by atoms with Crippen LogP contribution < -0.4 is 0 Å². The molecule has 0 radical (unpaired) electrons. The lowest BCUT2D eigenvalue weighted by molar-refractivity contribution is 0.516. The van der Waals surface area contributed by atoms with Crippen LogP contribution in [0.25, 0.3) is 16.7 Å². The molecule has 6 rings (SSSR count). The molecule has 0 fully saturated rings. The Morgan fingerprint density at radius 3 is 1.28 bits per heavy atom. The first kappa shape index (κ1) is 38.9. The molecular weight excluding hydrogens is 649 g/mol. The zero-order valence-corrected chi connectivity index (χ0v) is 34.9. The SMILES string of the molecule is CC(C)(C)C1=C[CH+]C(=C(c2ccc(-c3cccc(C(c4ccc(C(C)(C)C)cc4)c4ccc(C(C)(C)C)cc4)c3)cc2)c2ccc(C(C)(C)C)cc2)C=C1. The van der Waals surface area contributed by atoms with E-state index in [-0.39, 0.29) is 27.6 Å². The average Bonchev–Trinajstić information content (AvgIpc) is 3.12. The van der Waals surface area contributed by atoms with E-state index in [0.717, 1.165) is 0 Å². The Balaban J connectivity index is 1.39. The van der Waals surface area contributed by atoms with Crippen LogP contribution >= 0.6 is 0 Å². The summed E-state index contributed by atoms with van der Waals surface area (Å²) in [5.41, 5.74) is 17.1. The zero-order chi connectivity index (χ0) is 39.1. The van der Waals surface area contributed by atoms with Gasteiger partial charge in [0, 0.05) is 52.7 Å². The predicted octanol–water partition coefficient (Wildman–Crippen LogP) is 15.0. The molecular formula is C54H61+. The van der Waals surface area contributed by atoms with Crippen LogP contribution in [0.2, 0.25) is 0 Å². The standard InChI is InChI=1S/C54H61/c1-51(2,3)45-28-20-39(21-29-45)49(40-22-30-46(31-23-40)52(4,5)6)38-18-16-37(17-19-38)43-14-13-15-44(36-43)50(41-24-32-47(33-25-41)53(7,8)9)42-26-34-48(35-27-42)54(10,11)12/h13-36,50H,1-12H3/q+1. The topological polar surface area (TPSA) is 0 Å². The normalized spacial score (nSPS) is 14.9. The maximum absolute atomic E-state index is 2.40. The molecule has 0 spiro atoms.